The molecule has 1 atom stereocenters. The van der Waals surface area contributed by atoms with E-state index in [0.717, 1.165) is 22.8 Å². The third-order valence-corrected chi connectivity index (χ3v) is 3.44. The van der Waals surface area contributed by atoms with Crippen LogP contribution in [0.4, 0.5) is 5.82 Å². The van der Waals surface area contributed by atoms with Crippen LogP contribution in [0.25, 0.3) is 11.0 Å². The molecular weight excluding hydrogens is 236 g/mol. The highest BCUT2D eigenvalue weighted by Crippen LogP contribution is 2.20. The van der Waals surface area contributed by atoms with E-state index in [9.17, 15) is 0 Å². The maximum atomic E-state index is 4.42. The Hall–Kier alpha value is -1.58. The number of nitrogens with one attached hydrogen (secondary N) is 1. The van der Waals surface area contributed by atoms with E-state index >= 15 is 0 Å². The minimum Gasteiger partial charge on any atom is -0.366 e. The van der Waals surface area contributed by atoms with E-state index < -0.39 is 0 Å². The third-order valence-electron chi connectivity index (χ3n) is 3.44. The van der Waals surface area contributed by atoms with Crippen molar-refractivity contribution in [2.75, 3.05) is 5.32 Å². The molecule has 0 radical (unpaired) electrons. The van der Waals surface area contributed by atoms with Crippen molar-refractivity contribution in [3.63, 3.8) is 0 Å². The lowest BCUT2D eigenvalue weighted by atomic mass is 10.0. The minimum absolute atomic E-state index is 0.429. The summed E-state index contributed by atoms with van der Waals surface area (Å²) in [4.78, 5) is 8.83. The summed E-state index contributed by atoms with van der Waals surface area (Å²) in [6.07, 6.45) is 7.38. The molecule has 0 aliphatic heterocycles. The van der Waals surface area contributed by atoms with Gasteiger partial charge in [-0.05, 0) is 25.3 Å². The van der Waals surface area contributed by atoms with Crippen molar-refractivity contribution in [2.24, 2.45) is 13.0 Å². The van der Waals surface area contributed by atoms with Crippen molar-refractivity contribution in [2.45, 2.75) is 46.1 Å². The highest BCUT2D eigenvalue weighted by Gasteiger charge is 2.09. The van der Waals surface area contributed by atoms with E-state index in [-0.39, 0.29) is 0 Å². The summed E-state index contributed by atoms with van der Waals surface area (Å²) < 4.78 is 2.02. The molecule has 0 spiro atoms. The second kappa shape index (κ2) is 6.04. The Bertz CT molecular complexity index is 530. The van der Waals surface area contributed by atoms with Gasteiger partial charge in [0.05, 0.1) is 11.8 Å². The topological polar surface area (TPSA) is 42.7 Å². The molecule has 2 aromatic heterocycles. The fourth-order valence-electron chi connectivity index (χ4n) is 2.31. The van der Waals surface area contributed by atoms with Crippen molar-refractivity contribution in [1.82, 2.24) is 14.5 Å². The SMILES string of the molecule is CC(C)CCCC(C)Nc1nccc2c1ncn2C. The Labute approximate surface area is 115 Å². The zero-order valence-electron chi connectivity index (χ0n) is 12.3. The maximum absolute atomic E-state index is 4.42. The Morgan fingerprint density at radius 1 is 1.21 bits per heavy atom. The first-order valence-corrected chi connectivity index (χ1v) is 7.10. The Balaban J connectivity index is 2.01. The number of rotatable bonds is 6. The van der Waals surface area contributed by atoms with Gasteiger partial charge in [0.15, 0.2) is 5.82 Å². The van der Waals surface area contributed by atoms with Gasteiger partial charge in [0.25, 0.3) is 0 Å². The quantitative estimate of drug-likeness (QED) is 0.863. The molecule has 2 rings (SSSR count). The summed E-state index contributed by atoms with van der Waals surface area (Å²) in [6.45, 7) is 6.76. The van der Waals surface area contributed by atoms with Crippen LogP contribution >= 0.6 is 0 Å². The van der Waals surface area contributed by atoms with Crippen molar-refractivity contribution in [3.05, 3.63) is 18.6 Å². The van der Waals surface area contributed by atoms with Gasteiger partial charge in [-0.2, -0.15) is 0 Å². The largest absolute Gasteiger partial charge is 0.366 e. The Kier molecular flexibility index (Phi) is 4.40. The molecule has 0 bridgehead atoms. The molecule has 0 fully saturated rings. The van der Waals surface area contributed by atoms with Crippen LogP contribution in [0.3, 0.4) is 0 Å². The van der Waals surface area contributed by atoms with Crippen LogP contribution in [0.2, 0.25) is 0 Å². The third kappa shape index (κ3) is 3.46. The molecule has 4 nitrogen and oxygen atoms in total. The lowest BCUT2D eigenvalue weighted by Crippen LogP contribution is -2.16. The van der Waals surface area contributed by atoms with Gasteiger partial charge < -0.3 is 9.88 Å². The van der Waals surface area contributed by atoms with Crippen LogP contribution in [0, 0.1) is 5.92 Å². The molecule has 0 saturated heterocycles. The zero-order chi connectivity index (χ0) is 13.8. The van der Waals surface area contributed by atoms with Gasteiger partial charge in [-0.25, -0.2) is 9.97 Å². The Morgan fingerprint density at radius 3 is 2.74 bits per heavy atom. The van der Waals surface area contributed by atoms with Crippen LogP contribution in [0.1, 0.15) is 40.0 Å². The fraction of sp³-hybridized carbons (Fsp3) is 0.600. The van der Waals surface area contributed by atoms with Crippen LogP contribution in [0.15, 0.2) is 18.6 Å². The monoisotopic (exact) mass is 260 g/mol. The van der Waals surface area contributed by atoms with Gasteiger partial charge in [0, 0.05) is 19.3 Å². The average Bonchev–Trinajstić information content (AvgIpc) is 2.72. The standard InChI is InChI=1S/C15H24N4/c1-11(2)6-5-7-12(3)18-15-14-13(8-9-16-15)19(4)10-17-14/h8-12H,5-7H2,1-4H3,(H,16,18). The number of aromatic nitrogens is 3. The van der Waals surface area contributed by atoms with Gasteiger partial charge in [-0.15, -0.1) is 0 Å². The number of fused-ring (bicyclic) bond motifs is 1. The fourth-order valence-corrected chi connectivity index (χ4v) is 2.31. The van der Waals surface area contributed by atoms with E-state index in [4.69, 9.17) is 0 Å². The van der Waals surface area contributed by atoms with Crippen molar-refractivity contribution < 1.29 is 0 Å². The summed E-state index contributed by atoms with van der Waals surface area (Å²) in [5.74, 6) is 1.68. The number of anilines is 1. The first-order chi connectivity index (χ1) is 9.08. The normalized spacial score (nSPS) is 13.1. The number of nitrogens with zero attached hydrogens (tertiary/aromatic N) is 3. The van der Waals surface area contributed by atoms with Crippen LogP contribution in [-0.2, 0) is 7.05 Å². The lowest BCUT2D eigenvalue weighted by molar-refractivity contribution is 0.520. The summed E-state index contributed by atoms with van der Waals surface area (Å²) in [6, 6.07) is 2.43. The second-order valence-electron chi connectivity index (χ2n) is 5.75. The molecule has 1 unspecified atom stereocenters. The number of pyridine rings is 1. The molecule has 0 aliphatic carbocycles. The van der Waals surface area contributed by atoms with E-state index in [1.54, 1.807) is 0 Å². The van der Waals surface area contributed by atoms with Gasteiger partial charge in [0.2, 0.25) is 0 Å². The Morgan fingerprint density at radius 2 is 2.00 bits per heavy atom. The van der Waals surface area contributed by atoms with Gasteiger partial charge in [-0.3, -0.25) is 0 Å². The van der Waals surface area contributed by atoms with Gasteiger partial charge >= 0.3 is 0 Å². The molecule has 0 amide bonds. The smallest absolute Gasteiger partial charge is 0.154 e. The molecule has 1 N–H and O–H groups in total. The molecule has 4 heteroatoms. The van der Waals surface area contributed by atoms with Crippen LogP contribution in [-0.4, -0.2) is 20.6 Å². The number of hydrogen-bond donors (Lipinski definition) is 1. The summed E-state index contributed by atoms with van der Waals surface area (Å²) in [5.41, 5.74) is 2.08. The van der Waals surface area contributed by atoms with E-state index in [1.807, 2.05) is 30.2 Å². The minimum atomic E-state index is 0.429. The summed E-state index contributed by atoms with van der Waals surface area (Å²) in [7, 11) is 2.01. The average molecular weight is 260 g/mol. The van der Waals surface area contributed by atoms with Gasteiger partial charge in [-0.1, -0.05) is 26.7 Å². The molecule has 0 aliphatic rings. The van der Waals surface area contributed by atoms with Crippen molar-refractivity contribution in [1.29, 1.82) is 0 Å². The van der Waals surface area contributed by atoms with Gasteiger partial charge in [0.1, 0.15) is 5.52 Å². The predicted molar refractivity (Wildman–Crippen MR) is 80.3 cm³/mol. The molecule has 2 heterocycles. The van der Waals surface area contributed by atoms with Crippen LogP contribution < -0.4 is 5.32 Å². The number of imidazole rings is 1. The second-order valence-corrected chi connectivity index (χ2v) is 5.75. The van der Waals surface area contributed by atoms with Crippen LogP contribution in [0.5, 0.6) is 0 Å². The summed E-state index contributed by atoms with van der Waals surface area (Å²) in [5, 5.41) is 3.48. The van der Waals surface area contributed by atoms with E-state index in [2.05, 4.69) is 36.1 Å². The van der Waals surface area contributed by atoms with E-state index in [1.165, 1.54) is 19.3 Å². The molecule has 2 aromatic rings. The first-order valence-electron chi connectivity index (χ1n) is 7.10. The highest BCUT2D eigenvalue weighted by atomic mass is 15.1. The predicted octanol–water partition coefficient (Wildman–Crippen LogP) is 3.60. The lowest BCUT2D eigenvalue weighted by Gasteiger charge is -2.15. The van der Waals surface area contributed by atoms with Crippen molar-refractivity contribution in [3.8, 4) is 0 Å². The molecule has 104 valence electrons. The first kappa shape index (κ1) is 13.8. The van der Waals surface area contributed by atoms with Crippen molar-refractivity contribution >= 4 is 16.9 Å². The molecule has 0 aromatic carbocycles. The molecular formula is C15H24N4. The summed E-state index contributed by atoms with van der Waals surface area (Å²) >= 11 is 0. The maximum Gasteiger partial charge on any atom is 0.154 e. The zero-order valence-corrected chi connectivity index (χ0v) is 12.3. The number of aryl methyl sites for hydroxylation is 1. The molecule has 0 saturated carbocycles. The highest BCUT2D eigenvalue weighted by molar-refractivity contribution is 5.85. The molecule has 19 heavy (non-hydrogen) atoms. The van der Waals surface area contributed by atoms with E-state index in [0.29, 0.717) is 6.04 Å². The number of hydrogen-bond acceptors (Lipinski definition) is 3.